The number of carbonyl (C=O) groups excluding carboxylic acids is 1. The van der Waals surface area contributed by atoms with Crippen molar-refractivity contribution in [3.63, 3.8) is 0 Å². The third-order valence-electron chi connectivity index (χ3n) is 5.06. The molecule has 3 heteroatoms. The number of rotatable bonds is 5. The van der Waals surface area contributed by atoms with E-state index in [1.165, 1.54) is 5.71 Å². The van der Waals surface area contributed by atoms with Crippen LogP contribution in [0.2, 0.25) is 0 Å². The first-order chi connectivity index (χ1) is 11.7. The minimum absolute atomic E-state index is 0.00573. The van der Waals surface area contributed by atoms with Gasteiger partial charge in [0.25, 0.3) is 5.91 Å². The number of hydrogen-bond donors (Lipinski definition) is 1. The summed E-state index contributed by atoms with van der Waals surface area (Å²) in [5.41, 5.74) is 4.25. The topological polar surface area (TPSA) is 41.5 Å². The Bertz CT molecular complexity index is 737. The van der Waals surface area contributed by atoms with Crippen LogP contribution in [-0.2, 0) is 6.54 Å². The van der Waals surface area contributed by atoms with Crippen LogP contribution in [-0.4, -0.2) is 18.7 Å². The van der Waals surface area contributed by atoms with Gasteiger partial charge in [-0.05, 0) is 42.9 Å². The normalized spacial score (nSPS) is 20.3. The number of benzene rings is 2. The third kappa shape index (κ3) is 3.40. The van der Waals surface area contributed by atoms with Gasteiger partial charge in [-0.3, -0.25) is 9.79 Å². The summed E-state index contributed by atoms with van der Waals surface area (Å²) in [5, 5.41) is 3.05. The lowest BCUT2D eigenvalue weighted by molar-refractivity contribution is 0.0948. The zero-order chi connectivity index (χ0) is 16.9. The van der Waals surface area contributed by atoms with E-state index < -0.39 is 0 Å². The molecule has 0 aliphatic heterocycles. The minimum atomic E-state index is 0.00573. The van der Waals surface area contributed by atoms with Crippen molar-refractivity contribution < 1.29 is 4.79 Å². The summed E-state index contributed by atoms with van der Waals surface area (Å²) >= 11 is 0. The summed E-state index contributed by atoms with van der Waals surface area (Å²) in [6.45, 7) is 2.65. The molecule has 1 fully saturated rings. The first-order valence-electron chi connectivity index (χ1n) is 8.55. The van der Waals surface area contributed by atoms with Gasteiger partial charge >= 0.3 is 0 Å². The monoisotopic (exact) mass is 320 g/mol. The zero-order valence-electron chi connectivity index (χ0n) is 14.3. The first kappa shape index (κ1) is 16.4. The van der Waals surface area contributed by atoms with Gasteiger partial charge in [-0.1, -0.05) is 48.5 Å². The molecule has 3 rings (SSSR count). The van der Waals surface area contributed by atoms with E-state index in [9.17, 15) is 4.79 Å². The average Bonchev–Trinajstić information content (AvgIpc) is 2.60. The number of hydrogen-bond acceptors (Lipinski definition) is 2. The molecule has 24 heavy (non-hydrogen) atoms. The van der Waals surface area contributed by atoms with Gasteiger partial charge in [0.05, 0.1) is 0 Å². The predicted molar refractivity (Wildman–Crippen MR) is 98.6 cm³/mol. The van der Waals surface area contributed by atoms with E-state index in [1.54, 1.807) is 0 Å². The standard InChI is InChI=1S/C21H24N2O/c1-15(22-2)17-12-13-19(17)18-10-6-7-11-20(18)21(24)23-14-16-8-4-3-5-9-16/h3-11,17,19H,12-14H2,1-2H3,(H,23,24)/b22-15+/t17?,19-/m1/s1. The number of aliphatic imine (C=N–C) groups is 1. The summed E-state index contributed by atoms with van der Waals surface area (Å²) in [5.74, 6) is 0.886. The van der Waals surface area contributed by atoms with E-state index in [0.717, 1.165) is 29.5 Å². The molecule has 0 radical (unpaired) electrons. The predicted octanol–water partition coefficient (Wildman–Crippen LogP) is 4.20. The van der Waals surface area contributed by atoms with Crippen LogP contribution in [0, 0.1) is 5.92 Å². The van der Waals surface area contributed by atoms with E-state index >= 15 is 0 Å². The van der Waals surface area contributed by atoms with Gasteiger partial charge < -0.3 is 5.32 Å². The van der Waals surface area contributed by atoms with Crippen molar-refractivity contribution in [2.45, 2.75) is 32.2 Å². The Kier molecular flexibility index (Phi) is 5.09. The van der Waals surface area contributed by atoms with Gasteiger partial charge in [-0.15, -0.1) is 0 Å². The summed E-state index contributed by atoms with van der Waals surface area (Å²) in [6, 6.07) is 18.0. The molecule has 0 saturated heterocycles. The van der Waals surface area contributed by atoms with Gasteiger partial charge in [-0.2, -0.15) is 0 Å². The largest absolute Gasteiger partial charge is 0.348 e. The van der Waals surface area contributed by atoms with Gasteiger partial charge in [0.1, 0.15) is 0 Å². The zero-order valence-corrected chi connectivity index (χ0v) is 14.3. The molecule has 0 bridgehead atoms. The van der Waals surface area contributed by atoms with Crippen molar-refractivity contribution >= 4 is 11.6 Å². The van der Waals surface area contributed by atoms with Crippen molar-refractivity contribution in [1.29, 1.82) is 0 Å². The van der Waals surface area contributed by atoms with Crippen LogP contribution < -0.4 is 5.32 Å². The quantitative estimate of drug-likeness (QED) is 0.824. The van der Waals surface area contributed by atoms with E-state index in [2.05, 4.69) is 23.3 Å². The number of carbonyl (C=O) groups is 1. The van der Waals surface area contributed by atoms with Crippen molar-refractivity contribution in [2.24, 2.45) is 10.9 Å². The first-order valence-corrected chi connectivity index (χ1v) is 8.55. The number of amides is 1. The molecule has 0 heterocycles. The van der Waals surface area contributed by atoms with E-state index in [4.69, 9.17) is 0 Å². The highest BCUT2D eigenvalue weighted by Crippen LogP contribution is 2.44. The Hall–Kier alpha value is -2.42. The Balaban J connectivity index is 1.75. The molecule has 1 unspecified atom stereocenters. The Labute approximate surface area is 143 Å². The molecule has 2 aromatic carbocycles. The fraction of sp³-hybridized carbons (Fsp3) is 0.333. The van der Waals surface area contributed by atoms with Crippen molar-refractivity contribution in [3.8, 4) is 0 Å². The Morgan fingerprint density at radius 1 is 1.08 bits per heavy atom. The van der Waals surface area contributed by atoms with Gasteiger partial charge in [-0.25, -0.2) is 0 Å². The maximum absolute atomic E-state index is 12.7. The summed E-state index contributed by atoms with van der Waals surface area (Å²) in [7, 11) is 1.85. The molecule has 0 spiro atoms. The smallest absolute Gasteiger partial charge is 0.251 e. The molecule has 1 saturated carbocycles. The number of nitrogens with zero attached hydrogens (tertiary/aromatic N) is 1. The van der Waals surface area contributed by atoms with Crippen LogP contribution in [0.3, 0.4) is 0 Å². The molecule has 3 nitrogen and oxygen atoms in total. The lowest BCUT2D eigenvalue weighted by Gasteiger charge is -2.38. The Morgan fingerprint density at radius 2 is 1.79 bits per heavy atom. The molecule has 2 aromatic rings. The molecule has 1 amide bonds. The molecule has 1 aliphatic carbocycles. The van der Waals surface area contributed by atoms with Crippen LogP contribution in [0.5, 0.6) is 0 Å². The second kappa shape index (κ2) is 7.43. The second-order valence-electron chi connectivity index (χ2n) is 6.41. The molecule has 124 valence electrons. The van der Waals surface area contributed by atoms with Gasteiger partial charge in [0.15, 0.2) is 0 Å². The molecular formula is C21H24N2O. The molecular weight excluding hydrogens is 296 g/mol. The summed E-state index contributed by atoms with van der Waals surface area (Å²) < 4.78 is 0. The maximum atomic E-state index is 12.7. The minimum Gasteiger partial charge on any atom is -0.348 e. The highest BCUT2D eigenvalue weighted by atomic mass is 16.1. The van der Waals surface area contributed by atoms with Gasteiger partial charge in [0, 0.05) is 30.8 Å². The molecule has 1 N–H and O–H groups in total. The molecule has 0 aromatic heterocycles. The Morgan fingerprint density at radius 3 is 2.46 bits per heavy atom. The molecule has 2 atom stereocenters. The van der Waals surface area contributed by atoms with Crippen LogP contribution in [0.4, 0.5) is 0 Å². The van der Waals surface area contributed by atoms with Crippen LogP contribution >= 0.6 is 0 Å². The van der Waals surface area contributed by atoms with Gasteiger partial charge in [0.2, 0.25) is 0 Å². The van der Waals surface area contributed by atoms with E-state index in [1.807, 2.05) is 55.6 Å². The van der Waals surface area contributed by atoms with Crippen LogP contribution in [0.25, 0.3) is 0 Å². The SMILES string of the molecule is C/N=C(\C)C1CC[C@H]1c1ccccc1C(=O)NCc1ccccc1. The van der Waals surface area contributed by atoms with E-state index in [0.29, 0.717) is 18.4 Å². The number of nitrogens with one attached hydrogen (secondary N) is 1. The van der Waals surface area contributed by atoms with Crippen LogP contribution in [0.15, 0.2) is 59.6 Å². The lowest BCUT2D eigenvalue weighted by Crippen LogP contribution is -2.32. The second-order valence-corrected chi connectivity index (χ2v) is 6.41. The van der Waals surface area contributed by atoms with Crippen molar-refractivity contribution in [1.82, 2.24) is 5.32 Å². The van der Waals surface area contributed by atoms with Crippen molar-refractivity contribution in [2.75, 3.05) is 7.05 Å². The summed E-state index contributed by atoms with van der Waals surface area (Å²) in [6.07, 6.45) is 2.29. The fourth-order valence-electron chi connectivity index (χ4n) is 3.44. The van der Waals surface area contributed by atoms with Crippen molar-refractivity contribution in [3.05, 3.63) is 71.3 Å². The average molecular weight is 320 g/mol. The van der Waals surface area contributed by atoms with E-state index in [-0.39, 0.29) is 5.91 Å². The third-order valence-corrected chi connectivity index (χ3v) is 5.06. The van der Waals surface area contributed by atoms with Crippen LogP contribution in [0.1, 0.15) is 47.2 Å². The molecule has 1 aliphatic rings. The summed E-state index contributed by atoms with van der Waals surface area (Å²) in [4.78, 5) is 17.0. The maximum Gasteiger partial charge on any atom is 0.251 e. The highest BCUT2D eigenvalue weighted by Gasteiger charge is 2.35. The fourth-order valence-corrected chi connectivity index (χ4v) is 3.44. The highest BCUT2D eigenvalue weighted by molar-refractivity contribution is 5.96. The lowest BCUT2D eigenvalue weighted by atomic mass is 9.67.